The van der Waals surface area contributed by atoms with E-state index in [0.29, 0.717) is 15.9 Å². The molecule has 0 fully saturated rings. The fourth-order valence-corrected chi connectivity index (χ4v) is 3.40. The van der Waals surface area contributed by atoms with Crippen LogP contribution in [0.5, 0.6) is 0 Å². The fourth-order valence-electron chi connectivity index (χ4n) is 1.82. The van der Waals surface area contributed by atoms with Gasteiger partial charge in [-0.25, -0.2) is 18.4 Å². The van der Waals surface area contributed by atoms with E-state index in [2.05, 4.69) is 15.3 Å². The molecule has 0 bridgehead atoms. The summed E-state index contributed by atoms with van der Waals surface area (Å²) in [6.45, 7) is 3.68. The molecule has 21 heavy (non-hydrogen) atoms. The van der Waals surface area contributed by atoms with Crippen molar-refractivity contribution in [1.29, 1.82) is 0 Å². The molecule has 112 valence electrons. The summed E-state index contributed by atoms with van der Waals surface area (Å²) in [6, 6.07) is 6.49. The number of hydrogen-bond donors (Lipinski definition) is 1. The Labute approximate surface area is 129 Å². The minimum absolute atomic E-state index is 0.0396. The summed E-state index contributed by atoms with van der Waals surface area (Å²) < 4.78 is 24.6. The van der Waals surface area contributed by atoms with Crippen LogP contribution in [-0.4, -0.2) is 30.2 Å². The molecule has 2 aromatic rings. The molecule has 1 N–H and O–H groups in total. The number of rotatable bonds is 5. The zero-order valence-corrected chi connectivity index (χ0v) is 13.3. The van der Waals surface area contributed by atoms with E-state index in [-0.39, 0.29) is 11.8 Å². The number of nitrogens with zero attached hydrogens (tertiary/aromatic N) is 2. The lowest BCUT2D eigenvalue weighted by atomic mass is 10.2. The average Bonchev–Trinajstić information content (AvgIpc) is 2.41. The van der Waals surface area contributed by atoms with Gasteiger partial charge in [-0.05, 0) is 26.0 Å². The number of benzene rings is 1. The summed E-state index contributed by atoms with van der Waals surface area (Å²) in [5.41, 5.74) is 1.02. The fraction of sp³-hybridized carbons (Fsp3) is 0.286. The van der Waals surface area contributed by atoms with Crippen LogP contribution >= 0.6 is 11.6 Å². The van der Waals surface area contributed by atoms with Gasteiger partial charge in [0, 0.05) is 6.04 Å². The van der Waals surface area contributed by atoms with Gasteiger partial charge in [-0.15, -0.1) is 0 Å². The van der Waals surface area contributed by atoms with Gasteiger partial charge in [0.15, 0.2) is 9.84 Å². The van der Waals surface area contributed by atoms with Gasteiger partial charge in [0.25, 0.3) is 0 Å². The maximum atomic E-state index is 12.3. The summed E-state index contributed by atoms with van der Waals surface area (Å²) in [6.07, 6.45) is 2.91. The molecular formula is C14H16ClN3O2S. The van der Waals surface area contributed by atoms with Crippen LogP contribution in [0.4, 0.5) is 5.95 Å². The molecule has 1 aromatic carbocycles. The number of aryl methyl sites for hydroxylation is 1. The van der Waals surface area contributed by atoms with Crippen LogP contribution in [0, 0.1) is 6.92 Å². The van der Waals surface area contributed by atoms with E-state index < -0.39 is 9.84 Å². The third-order valence-corrected chi connectivity index (χ3v) is 4.97. The molecule has 0 aliphatic heterocycles. The number of hydrogen-bond acceptors (Lipinski definition) is 5. The Kier molecular flexibility index (Phi) is 4.80. The zero-order chi connectivity index (χ0) is 15.5. The topological polar surface area (TPSA) is 72.0 Å². The number of anilines is 1. The molecule has 1 aromatic heterocycles. The molecule has 0 unspecified atom stereocenters. The molecule has 0 aliphatic carbocycles. The Balaban J connectivity index is 2.05. The van der Waals surface area contributed by atoms with E-state index in [1.54, 1.807) is 31.2 Å². The smallest absolute Gasteiger partial charge is 0.222 e. The first-order valence-electron chi connectivity index (χ1n) is 6.40. The standard InChI is InChI=1S/C14H16ClN3O2S/c1-10-3-5-13(6-4-10)21(19,20)9-11(2)18-14-16-7-12(15)8-17-14/h3-8,11H,9H2,1-2H3,(H,16,17,18)/t11-/m0/s1. The summed E-state index contributed by atoms with van der Waals surface area (Å²) in [5, 5.41) is 3.38. The molecule has 0 radical (unpaired) electrons. The predicted molar refractivity (Wildman–Crippen MR) is 83.4 cm³/mol. The molecule has 2 rings (SSSR count). The highest BCUT2D eigenvalue weighted by Gasteiger charge is 2.18. The molecule has 5 nitrogen and oxygen atoms in total. The predicted octanol–water partition coefficient (Wildman–Crippen LogP) is 2.71. The van der Waals surface area contributed by atoms with Gasteiger partial charge in [-0.1, -0.05) is 29.3 Å². The zero-order valence-electron chi connectivity index (χ0n) is 11.7. The second kappa shape index (κ2) is 6.41. The summed E-state index contributed by atoms with van der Waals surface area (Å²) >= 11 is 5.70. The van der Waals surface area contributed by atoms with Crippen LogP contribution < -0.4 is 5.32 Å². The van der Waals surface area contributed by atoms with Crippen LogP contribution in [0.3, 0.4) is 0 Å². The van der Waals surface area contributed by atoms with Crippen LogP contribution in [-0.2, 0) is 9.84 Å². The van der Waals surface area contributed by atoms with Gasteiger partial charge in [0.1, 0.15) is 0 Å². The third kappa shape index (κ3) is 4.41. The summed E-state index contributed by atoms with van der Waals surface area (Å²) in [7, 11) is -3.35. The van der Waals surface area contributed by atoms with E-state index in [1.807, 2.05) is 6.92 Å². The van der Waals surface area contributed by atoms with Crippen LogP contribution in [0.25, 0.3) is 0 Å². The van der Waals surface area contributed by atoms with Gasteiger partial charge < -0.3 is 5.32 Å². The quantitative estimate of drug-likeness (QED) is 0.915. The lowest BCUT2D eigenvalue weighted by Gasteiger charge is -2.14. The molecule has 0 saturated carbocycles. The van der Waals surface area contributed by atoms with Gasteiger partial charge in [0.05, 0.1) is 28.1 Å². The van der Waals surface area contributed by atoms with Crippen molar-refractivity contribution in [2.24, 2.45) is 0 Å². The second-order valence-electron chi connectivity index (χ2n) is 4.86. The van der Waals surface area contributed by atoms with Gasteiger partial charge in [0.2, 0.25) is 5.95 Å². The Hall–Kier alpha value is -1.66. The molecule has 1 heterocycles. The Morgan fingerprint density at radius 1 is 1.19 bits per heavy atom. The minimum atomic E-state index is -3.35. The summed E-state index contributed by atoms with van der Waals surface area (Å²) in [4.78, 5) is 8.29. The molecular weight excluding hydrogens is 310 g/mol. The van der Waals surface area contributed by atoms with E-state index in [9.17, 15) is 8.42 Å². The SMILES string of the molecule is Cc1ccc(S(=O)(=O)C[C@H](C)Nc2ncc(Cl)cn2)cc1. The third-order valence-electron chi connectivity index (χ3n) is 2.85. The Morgan fingerprint density at radius 2 is 1.76 bits per heavy atom. The summed E-state index contributed by atoms with van der Waals surface area (Å²) in [5.74, 6) is 0.313. The first-order valence-corrected chi connectivity index (χ1v) is 8.43. The van der Waals surface area contributed by atoms with E-state index in [4.69, 9.17) is 11.6 Å². The van der Waals surface area contributed by atoms with Crippen molar-refractivity contribution < 1.29 is 8.42 Å². The number of sulfone groups is 1. The van der Waals surface area contributed by atoms with Gasteiger partial charge >= 0.3 is 0 Å². The Bertz CT molecular complexity index is 700. The second-order valence-corrected chi connectivity index (χ2v) is 7.34. The van der Waals surface area contributed by atoms with Gasteiger partial charge in [-0.2, -0.15) is 0 Å². The van der Waals surface area contributed by atoms with Crippen molar-refractivity contribution in [3.8, 4) is 0 Å². The number of aromatic nitrogens is 2. The van der Waals surface area contributed by atoms with Crippen molar-refractivity contribution >= 4 is 27.4 Å². The van der Waals surface area contributed by atoms with Crippen molar-refractivity contribution in [1.82, 2.24) is 9.97 Å². The molecule has 0 spiro atoms. The average molecular weight is 326 g/mol. The largest absolute Gasteiger partial charge is 0.351 e. The normalized spacial score (nSPS) is 12.9. The van der Waals surface area contributed by atoms with Crippen molar-refractivity contribution in [2.45, 2.75) is 24.8 Å². The van der Waals surface area contributed by atoms with Crippen molar-refractivity contribution in [2.75, 3.05) is 11.1 Å². The molecule has 0 saturated heterocycles. The maximum Gasteiger partial charge on any atom is 0.222 e. The lowest BCUT2D eigenvalue weighted by molar-refractivity contribution is 0.592. The van der Waals surface area contributed by atoms with Crippen molar-refractivity contribution in [3.63, 3.8) is 0 Å². The lowest BCUT2D eigenvalue weighted by Crippen LogP contribution is -2.26. The minimum Gasteiger partial charge on any atom is -0.351 e. The van der Waals surface area contributed by atoms with Gasteiger partial charge in [-0.3, -0.25) is 0 Å². The molecule has 0 aliphatic rings. The van der Waals surface area contributed by atoms with E-state index in [0.717, 1.165) is 5.56 Å². The van der Waals surface area contributed by atoms with E-state index >= 15 is 0 Å². The highest BCUT2D eigenvalue weighted by Crippen LogP contribution is 2.14. The highest BCUT2D eigenvalue weighted by molar-refractivity contribution is 7.91. The van der Waals surface area contributed by atoms with Crippen molar-refractivity contribution in [3.05, 3.63) is 47.2 Å². The van der Waals surface area contributed by atoms with Crippen LogP contribution in [0.2, 0.25) is 5.02 Å². The molecule has 1 atom stereocenters. The van der Waals surface area contributed by atoms with Crippen LogP contribution in [0.1, 0.15) is 12.5 Å². The molecule has 7 heteroatoms. The maximum absolute atomic E-state index is 12.3. The molecule has 0 amide bonds. The Morgan fingerprint density at radius 3 is 2.33 bits per heavy atom. The van der Waals surface area contributed by atoms with E-state index in [1.165, 1.54) is 12.4 Å². The number of nitrogens with one attached hydrogen (secondary N) is 1. The monoisotopic (exact) mass is 325 g/mol. The first kappa shape index (κ1) is 15.7. The number of halogens is 1. The highest BCUT2D eigenvalue weighted by atomic mass is 35.5. The first-order chi connectivity index (χ1) is 9.87. The van der Waals surface area contributed by atoms with Crippen LogP contribution in [0.15, 0.2) is 41.6 Å².